The molecule has 43 heavy (non-hydrogen) atoms. The van der Waals surface area contributed by atoms with Crippen molar-refractivity contribution in [1.82, 2.24) is 0 Å². The largest absolute Gasteiger partial charge is 0.456 e. The molecule has 0 N–H and O–H groups in total. The van der Waals surface area contributed by atoms with Gasteiger partial charge in [-0.15, -0.1) is 0 Å². The van der Waals surface area contributed by atoms with Crippen molar-refractivity contribution in [3.8, 4) is 11.5 Å². The van der Waals surface area contributed by atoms with Gasteiger partial charge < -0.3 is 19.3 Å². The molecule has 0 amide bonds. The molecule has 212 valence electrons. The standard InChI is InChI=1S/C36H26Cl2N2O3/c37-23-7-11-25(12-8-23)40(26-13-9-24(38)10-14-26)28-16-18-33-32(21-28)36(30-6-2-1-5-29(30)35(41)43-36)31-17-15-27(22-34(31)42-33)39-19-3-4-20-39/h1-2,5-18,21-22H,3-4,19-20H2. The molecule has 5 aromatic carbocycles. The van der Waals surface area contributed by atoms with Crippen molar-refractivity contribution in [3.05, 3.63) is 141 Å². The minimum absolute atomic E-state index is 0.351. The summed E-state index contributed by atoms with van der Waals surface area (Å²) in [4.78, 5) is 17.9. The summed E-state index contributed by atoms with van der Waals surface area (Å²) in [5.41, 5.74) is 5.57. The maximum Gasteiger partial charge on any atom is 0.340 e. The van der Waals surface area contributed by atoms with Crippen LogP contribution in [0.1, 0.15) is 39.9 Å². The van der Waals surface area contributed by atoms with Crippen molar-refractivity contribution in [3.63, 3.8) is 0 Å². The second-order valence-corrected chi connectivity index (χ2v) is 11.9. The van der Waals surface area contributed by atoms with Crippen molar-refractivity contribution in [2.24, 2.45) is 0 Å². The highest BCUT2D eigenvalue weighted by molar-refractivity contribution is 6.31. The third-order valence-corrected chi connectivity index (χ3v) is 9.08. The third kappa shape index (κ3) is 4.18. The van der Waals surface area contributed by atoms with E-state index in [9.17, 15) is 4.79 Å². The Balaban J connectivity index is 1.34. The molecule has 3 aliphatic heterocycles. The van der Waals surface area contributed by atoms with Gasteiger partial charge in [0.05, 0.1) is 5.56 Å². The first-order valence-corrected chi connectivity index (χ1v) is 15.1. The second-order valence-electron chi connectivity index (χ2n) is 11.1. The lowest BCUT2D eigenvalue weighted by Gasteiger charge is -2.38. The monoisotopic (exact) mass is 604 g/mol. The summed E-state index contributed by atoms with van der Waals surface area (Å²) in [5.74, 6) is 0.989. The first-order chi connectivity index (χ1) is 21.0. The van der Waals surface area contributed by atoms with Gasteiger partial charge >= 0.3 is 5.97 Å². The molecular weight excluding hydrogens is 579 g/mol. The van der Waals surface area contributed by atoms with Crippen LogP contribution in [-0.2, 0) is 10.3 Å². The lowest BCUT2D eigenvalue weighted by molar-refractivity contribution is 0.0224. The molecule has 3 aliphatic rings. The summed E-state index contributed by atoms with van der Waals surface area (Å²) in [7, 11) is 0. The Labute approximate surface area is 259 Å². The number of hydrogen-bond donors (Lipinski definition) is 0. The van der Waals surface area contributed by atoms with Crippen LogP contribution in [0.4, 0.5) is 22.7 Å². The van der Waals surface area contributed by atoms with Gasteiger partial charge in [0.1, 0.15) is 11.5 Å². The van der Waals surface area contributed by atoms with Crippen molar-refractivity contribution in [2.75, 3.05) is 22.9 Å². The SMILES string of the molecule is O=C1OC2(c3ccc(N4CCCC4)cc3Oc3ccc(N(c4ccc(Cl)cc4)c4ccc(Cl)cc4)cc32)c2ccccc21. The average Bonchev–Trinajstić information content (AvgIpc) is 3.67. The van der Waals surface area contributed by atoms with Crippen LogP contribution in [-0.4, -0.2) is 19.1 Å². The number of carbonyl (C=O) groups is 1. The van der Waals surface area contributed by atoms with Gasteiger partial charge in [-0.05, 0) is 97.8 Å². The normalized spacial score (nSPS) is 18.1. The number of benzene rings is 5. The number of carbonyl (C=O) groups excluding carboxylic acids is 1. The predicted octanol–water partition coefficient (Wildman–Crippen LogP) is 9.63. The van der Waals surface area contributed by atoms with Gasteiger partial charge in [-0.1, -0.05) is 41.4 Å². The highest BCUT2D eigenvalue weighted by Crippen LogP contribution is 2.57. The van der Waals surface area contributed by atoms with Crippen LogP contribution in [0.15, 0.2) is 109 Å². The van der Waals surface area contributed by atoms with Gasteiger partial charge in [0.25, 0.3) is 0 Å². The second kappa shape index (κ2) is 10.1. The lowest BCUT2D eigenvalue weighted by atomic mass is 9.77. The molecule has 0 saturated carbocycles. The van der Waals surface area contributed by atoms with Crippen LogP contribution in [0.5, 0.6) is 11.5 Å². The highest BCUT2D eigenvalue weighted by atomic mass is 35.5. The zero-order chi connectivity index (χ0) is 29.1. The number of hydrogen-bond acceptors (Lipinski definition) is 5. The maximum atomic E-state index is 13.5. The summed E-state index contributed by atoms with van der Waals surface area (Å²) in [6.07, 6.45) is 2.35. The minimum Gasteiger partial charge on any atom is -0.456 e. The molecular formula is C36H26Cl2N2O3. The molecule has 0 aliphatic carbocycles. The Kier molecular flexibility index (Phi) is 6.14. The fourth-order valence-corrected chi connectivity index (χ4v) is 6.84. The molecule has 3 heterocycles. The molecule has 1 fully saturated rings. The summed E-state index contributed by atoms with van der Waals surface area (Å²) in [5, 5.41) is 1.30. The Morgan fingerprint density at radius 1 is 0.651 bits per heavy atom. The van der Waals surface area contributed by atoms with Crippen molar-refractivity contribution < 1.29 is 14.3 Å². The first-order valence-electron chi connectivity index (χ1n) is 14.4. The van der Waals surface area contributed by atoms with Gasteiger partial charge in [0.15, 0.2) is 5.60 Å². The number of anilines is 4. The highest BCUT2D eigenvalue weighted by Gasteiger charge is 2.53. The molecule has 1 unspecified atom stereocenters. The van der Waals surface area contributed by atoms with Crippen molar-refractivity contribution in [1.29, 1.82) is 0 Å². The van der Waals surface area contributed by atoms with Gasteiger partial charge in [0.2, 0.25) is 0 Å². The van der Waals surface area contributed by atoms with Crippen LogP contribution in [0.25, 0.3) is 0 Å². The van der Waals surface area contributed by atoms with Crippen LogP contribution in [0.2, 0.25) is 10.0 Å². The van der Waals surface area contributed by atoms with Crippen LogP contribution in [0.3, 0.4) is 0 Å². The van der Waals surface area contributed by atoms with E-state index in [0.717, 1.165) is 52.5 Å². The van der Waals surface area contributed by atoms with E-state index < -0.39 is 5.60 Å². The average molecular weight is 606 g/mol. The number of rotatable bonds is 4. The Morgan fingerprint density at radius 3 is 2.00 bits per heavy atom. The van der Waals surface area contributed by atoms with E-state index in [-0.39, 0.29) is 5.97 Å². The van der Waals surface area contributed by atoms with E-state index in [4.69, 9.17) is 32.7 Å². The molecule has 7 heteroatoms. The summed E-state index contributed by atoms with van der Waals surface area (Å²) in [6, 6.07) is 35.3. The van der Waals surface area contributed by atoms with E-state index in [1.807, 2.05) is 84.9 Å². The molecule has 0 aromatic heterocycles. The summed E-state index contributed by atoms with van der Waals surface area (Å²) >= 11 is 12.5. The van der Waals surface area contributed by atoms with Gasteiger partial charge in [-0.25, -0.2) is 4.79 Å². The molecule has 8 rings (SSSR count). The third-order valence-electron chi connectivity index (χ3n) is 8.58. The number of nitrogens with zero attached hydrogens (tertiary/aromatic N) is 2. The molecule has 1 spiro atoms. The van der Waals surface area contributed by atoms with Gasteiger partial charge in [-0.2, -0.15) is 0 Å². The predicted molar refractivity (Wildman–Crippen MR) is 171 cm³/mol. The van der Waals surface area contributed by atoms with E-state index in [2.05, 4.69) is 34.1 Å². The quantitative estimate of drug-likeness (QED) is 0.191. The Hall–Kier alpha value is -4.45. The molecule has 0 bridgehead atoms. The molecule has 5 aromatic rings. The maximum absolute atomic E-state index is 13.5. The van der Waals surface area contributed by atoms with Crippen LogP contribution in [0, 0.1) is 0 Å². The van der Waals surface area contributed by atoms with Crippen LogP contribution < -0.4 is 14.5 Å². The van der Waals surface area contributed by atoms with Crippen molar-refractivity contribution >= 4 is 51.9 Å². The van der Waals surface area contributed by atoms with E-state index >= 15 is 0 Å². The van der Waals surface area contributed by atoms with E-state index in [1.165, 1.54) is 12.8 Å². The van der Waals surface area contributed by atoms with Crippen LogP contribution >= 0.6 is 23.2 Å². The number of esters is 1. The minimum atomic E-state index is -1.16. The number of fused-ring (bicyclic) bond motifs is 6. The molecule has 0 radical (unpaired) electrons. The van der Waals surface area contributed by atoms with E-state index in [0.29, 0.717) is 27.1 Å². The number of ether oxygens (including phenoxy) is 2. The first kappa shape index (κ1) is 26.2. The zero-order valence-corrected chi connectivity index (χ0v) is 24.6. The Morgan fingerprint density at radius 2 is 1.30 bits per heavy atom. The number of halogens is 2. The Bertz CT molecular complexity index is 1840. The fourth-order valence-electron chi connectivity index (χ4n) is 6.59. The van der Waals surface area contributed by atoms with Gasteiger partial charge in [0, 0.05) is 68.6 Å². The molecule has 5 nitrogen and oxygen atoms in total. The fraction of sp³-hybridized carbons (Fsp3) is 0.139. The lowest BCUT2D eigenvalue weighted by Crippen LogP contribution is -2.33. The summed E-state index contributed by atoms with van der Waals surface area (Å²) < 4.78 is 13.1. The smallest absolute Gasteiger partial charge is 0.340 e. The van der Waals surface area contributed by atoms with Crippen molar-refractivity contribution in [2.45, 2.75) is 18.4 Å². The zero-order valence-electron chi connectivity index (χ0n) is 23.1. The molecule has 1 atom stereocenters. The van der Waals surface area contributed by atoms with E-state index in [1.54, 1.807) is 0 Å². The van der Waals surface area contributed by atoms with Gasteiger partial charge in [-0.3, -0.25) is 0 Å². The summed E-state index contributed by atoms with van der Waals surface area (Å²) in [6.45, 7) is 2.04. The molecule has 1 saturated heterocycles. The topological polar surface area (TPSA) is 42.0 Å².